The van der Waals surface area contributed by atoms with Crippen LogP contribution < -0.4 is 9.47 Å². The molecule has 5 nitrogen and oxygen atoms in total. The van der Waals surface area contributed by atoms with E-state index in [-0.39, 0.29) is 11.5 Å². The average Bonchev–Trinajstić information content (AvgIpc) is 3.16. The fourth-order valence-electron chi connectivity index (χ4n) is 6.26. The van der Waals surface area contributed by atoms with E-state index in [0.29, 0.717) is 37.2 Å². The van der Waals surface area contributed by atoms with Gasteiger partial charge in [0, 0.05) is 43.3 Å². The molecule has 280 valence electrons. The van der Waals surface area contributed by atoms with E-state index in [1.54, 1.807) is 30.9 Å². The summed E-state index contributed by atoms with van der Waals surface area (Å²) in [5.41, 5.74) is 3.08. The molecule has 0 fully saturated rings. The summed E-state index contributed by atoms with van der Waals surface area (Å²) in [5, 5.41) is 29.9. The molecule has 2 N–H and O–H groups in total. The Morgan fingerprint density at radius 1 is 0.464 bits per heavy atom. The molecule has 0 bridgehead atoms. The van der Waals surface area contributed by atoms with E-state index in [1.165, 1.54) is 0 Å². The Morgan fingerprint density at radius 2 is 0.732 bits per heavy atom. The van der Waals surface area contributed by atoms with Crippen LogP contribution in [-0.2, 0) is 0 Å². The topological polar surface area (TPSA) is 62.2 Å². The minimum absolute atomic E-state index is 0.171. The van der Waals surface area contributed by atoms with Crippen LogP contribution in [0.2, 0.25) is 0 Å². The minimum atomic E-state index is 0.171. The number of rotatable bonds is 4. The molecule has 0 aliphatic rings. The molecule has 0 heterocycles. The molecule has 0 unspecified atom stereocenters. The van der Waals surface area contributed by atoms with Crippen molar-refractivity contribution in [3.8, 4) is 45.3 Å². The van der Waals surface area contributed by atoms with Crippen LogP contribution in [0.3, 0.4) is 0 Å². The molecule has 0 saturated carbocycles. The summed E-state index contributed by atoms with van der Waals surface area (Å²) in [4.78, 5) is 1.77. The number of benzene rings is 8. The highest BCUT2D eigenvalue weighted by atomic mass is 35.5. The Kier molecular flexibility index (Phi) is 12.8. The maximum atomic E-state index is 10.3. The highest BCUT2D eigenvalue weighted by Gasteiger charge is 2.18. The lowest BCUT2D eigenvalue weighted by molar-refractivity contribution is 0.450. The number of halogens is 1. The van der Waals surface area contributed by atoms with Gasteiger partial charge in [-0.15, -0.1) is 0 Å². The Balaban J connectivity index is 0.000000180. The predicted molar refractivity (Wildman–Crippen MR) is 247 cm³/mol. The summed E-state index contributed by atoms with van der Waals surface area (Å²) < 4.78 is 12.5. The highest BCUT2D eigenvalue weighted by molar-refractivity contribution is 7.83. The van der Waals surface area contributed by atoms with Gasteiger partial charge in [-0.2, -0.15) is 0 Å². The van der Waals surface area contributed by atoms with Crippen molar-refractivity contribution in [2.24, 2.45) is 0 Å². The first-order valence-corrected chi connectivity index (χ1v) is 19.2. The molecule has 8 aromatic rings. The number of fused-ring (bicyclic) bond motifs is 4. The standard InChI is InChI=1S/C25H21NO2S2.C20H14O2.C2H3ClS/c1-16(29)27-23-14-19-10-6-4-8-17(19)12-21(23)22-13-18-9-5-7-11-20(18)15-24(22)28-25(30)26(2)3;21-19-11-15-7-3-1-5-13(15)9-17(19)18-10-14-6-2-4-8-16(14)12-20(18)22;1-2(3)4/h4-15H,1-3H3;1-12,21-22H;1H3. The van der Waals surface area contributed by atoms with Crippen molar-refractivity contribution in [3.63, 3.8) is 0 Å². The zero-order valence-electron chi connectivity index (χ0n) is 31.1. The summed E-state index contributed by atoms with van der Waals surface area (Å²) in [6, 6.07) is 47.6. The molecule has 0 amide bonds. The molecule has 0 radical (unpaired) electrons. The van der Waals surface area contributed by atoms with E-state index in [0.717, 1.165) is 54.2 Å². The maximum Gasteiger partial charge on any atom is 0.264 e. The Labute approximate surface area is 347 Å². The van der Waals surface area contributed by atoms with Crippen molar-refractivity contribution < 1.29 is 19.7 Å². The quantitative estimate of drug-likeness (QED) is 0.135. The van der Waals surface area contributed by atoms with Gasteiger partial charge in [0.1, 0.15) is 23.0 Å². The molecule has 0 spiro atoms. The van der Waals surface area contributed by atoms with Gasteiger partial charge in [-0.1, -0.05) is 121 Å². The zero-order chi connectivity index (χ0) is 39.9. The lowest BCUT2D eigenvalue weighted by Gasteiger charge is -2.19. The molecule has 8 aromatic carbocycles. The van der Waals surface area contributed by atoms with Crippen molar-refractivity contribution in [1.29, 1.82) is 0 Å². The molecule has 9 heteroatoms. The van der Waals surface area contributed by atoms with Gasteiger partial charge in [0.25, 0.3) is 5.17 Å². The number of nitrogens with zero attached hydrogens (tertiary/aromatic N) is 1. The number of phenolic OH excluding ortho intramolecular Hbond substituents is 2. The second kappa shape index (κ2) is 17.9. The number of ether oxygens (including phenoxy) is 2. The zero-order valence-corrected chi connectivity index (χ0v) is 34.3. The second-order valence-corrected chi connectivity index (χ2v) is 15.5. The minimum Gasteiger partial charge on any atom is -0.507 e. The van der Waals surface area contributed by atoms with E-state index in [4.69, 9.17) is 45.5 Å². The Bertz CT molecular complexity index is 2680. The van der Waals surface area contributed by atoms with E-state index >= 15 is 0 Å². The van der Waals surface area contributed by atoms with E-state index < -0.39 is 0 Å². The fourth-order valence-corrected chi connectivity index (χ4v) is 6.44. The van der Waals surface area contributed by atoms with Gasteiger partial charge in [-0.25, -0.2) is 0 Å². The SMILES string of the molecule is CC(=S)Cl.CC(=S)Oc1cc2ccccc2cc1-c1cc2ccccc2cc1OC(=S)N(C)C.Oc1cc2ccccc2cc1-c1cc2ccccc2cc1O. The van der Waals surface area contributed by atoms with Crippen molar-refractivity contribution in [1.82, 2.24) is 4.90 Å². The molecule has 0 saturated heterocycles. The number of hydrogen-bond acceptors (Lipinski definition) is 7. The first kappa shape index (κ1) is 40.0. The van der Waals surface area contributed by atoms with Gasteiger partial charge < -0.3 is 24.6 Å². The van der Waals surface area contributed by atoms with Crippen LogP contribution in [0.1, 0.15) is 13.8 Å². The van der Waals surface area contributed by atoms with Crippen LogP contribution in [0.5, 0.6) is 23.0 Å². The summed E-state index contributed by atoms with van der Waals surface area (Å²) in [5.74, 6) is 1.71. The van der Waals surface area contributed by atoms with E-state index in [9.17, 15) is 10.2 Å². The lowest BCUT2D eigenvalue weighted by Crippen LogP contribution is -2.25. The molecule has 0 aliphatic carbocycles. The molecule has 56 heavy (non-hydrogen) atoms. The summed E-state index contributed by atoms with van der Waals surface area (Å²) >= 11 is 20.0. The van der Waals surface area contributed by atoms with Crippen LogP contribution in [0.25, 0.3) is 65.3 Å². The van der Waals surface area contributed by atoms with Crippen LogP contribution in [0.15, 0.2) is 146 Å². The molecular weight excluding hydrogens is 774 g/mol. The first-order valence-electron chi connectivity index (χ1n) is 17.6. The lowest BCUT2D eigenvalue weighted by atomic mass is 9.96. The second-order valence-electron chi connectivity index (χ2n) is 13.2. The Hall–Kier alpha value is -5.64. The summed E-state index contributed by atoms with van der Waals surface area (Å²) in [7, 11) is 3.73. The van der Waals surface area contributed by atoms with Crippen molar-refractivity contribution in [2.45, 2.75) is 13.8 Å². The van der Waals surface area contributed by atoms with E-state index in [1.807, 2.05) is 111 Å². The Morgan fingerprint density at radius 3 is 1.04 bits per heavy atom. The molecule has 0 aromatic heterocycles. The molecule has 8 rings (SSSR count). The van der Waals surface area contributed by atoms with Gasteiger partial charge in [0.15, 0.2) is 5.05 Å². The third-order valence-electron chi connectivity index (χ3n) is 8.82. The highest BCUT2D eigenvalue weighted by Crippen LogP contribution is 2.42. The average molecular weight is 812 g/mol. The monoisotopic (exact) mass is 811 g/mol. The largest absolute Gasteiger partial charge is 0.507 e. The molecule has 0 atom stereocenters. The number of thiocarbonyl (C=S) groups is 3. The number of hydrogen-bond donors (Lipinski definition) is 2. The van der Waals surface area contributed by atoms with Crippen molar-refractivity contribution in [3.05, 3.63) is 146 Å². The summed E-state index contributed by atoms with van der Waals surface area (Å²) in [6.07, 6.45) is 0. The maximum absolute atomic E-state index is 10.3. The number of aromatic hydroxyl groups is 2. The van der Waals surface area contributed by atoms with Gasteiger partial charge >= 0.3 is 0 Å². The first-order chi connectivity index (χ1) is 26.9. The van der Waals surface area contributed by atoms with Gasteiger partial charge in [0.2, 0.25) is 0 Å². The fraction of sp³-hybridized carbons (Fsp3) is 0.0851. The van der Waals surface area contributed by atoms with Crippen molar-refractivity contribution in [2.75, 3.05) is 14.1 Å². The van der Waals surface area contributed by atoms with Crippen LogP contribution in [0, 0.1) is 0 Å². The molecular formula is C47H38ClNO4S3. The smallest absolute Gasteiger partial charge is 0.264 e. The van der Waals surface area contributed by atoms with Gasteiger partial charge in [-0.3, -0.25) is 0 Å². The third-order valence-corrected chi connectivity index (χ3v) is 9.35. The predicted octanol–water partition coefficient (Wildman–Crippen LogP) is 13.3. The van der Waals surface area contributed by atoms with Crippen LogP contribution in [-0.4, -0.2) is 43.8 Å². The normalized spacial score (nSPS) is 10.6. The third kappa shape index (κ3) is 9.59. The van der Waals surface area contributed by atoms with Gasteiger partial charge in [-0.05, 0) is 123 Å². The van der Waals surface area contributed by atoms with E-state index in [2.05, 4.69) is 48.6 Å². The number of phenols is 2. The van der Waals surface area contributed by atoms with Gasteiger partial charge in [0.05, 0.1) is 4.32 Å². The summed E-state index contributed by atoms with van der Waals surface area (Å²) in [6.45, 7) is 3.43. The van der Waals surface area contributed by atoms with Crippen LogP contribution >= 0.6 is 48.3 Å². The van der Waals surface area contributed by atoms with Crippen LogP contribution in [0.4, 0.5) is 0 Å². The molecule has 0 aliphatic heterocycles. The van der Waals surface area contributed by atoms with Crippen molar-refractivity contribution >= 4 is 106 Å².